The number of nitrogens with one attached hydrogen (secondary N) is 1. The minimum Gasteiger partial charge on any atom is -0.465 e. The molecule has 0 unspecified atom stereocenters. The lowest BCUT2D eigenvalue weighted by Crippen LogP contribution is -2.30. The van der Waals surface area contributed by atoms with Crippen molar-refractivity contribution >= 4 is 29.2 Å². The molecule has 1 N–H and O–H groups in total. The van der Waals surface area contributed by atoms with E-state index in [0.717, 1.165) is 6.07 Å². The van der Waals surface area contributed by atoms with Gasteiger partial charge in [0.15, 0.2) is 6.10 Å². The van der Waals surface area contributed by atoms with Gasteiger partial charge in [0.1, 0.15) is 22.9 Å². The van der Waals surface area contributed by atoms with Gasteiger partial charge in [0, 0.05) is 11.3 Å². The summed E-state index contributed by atoms with van der Waals surface area (Å²) in [6.45, 7) is 6.58. The molecular formula is C17H17ClFNO4. The highest BCUT2D eigenvalue weighted by Gasteiger charge is 2.24. The lowest BCUT2D eigenvalue weighted by atomic mass is 10.1. The van der Waals surface area contributed by atoms with E-state index in [-0.39, 0.29) is 5.02 Å². The summed E-state index contributed by atoms with van der Waals surface area (Å²) >= 11 is 5.66. The standard InChI is InChI=1S/C17H17ClFNO4/c1-8-9(2)23-10(3)15(8)17(22)24-11(4)16(21)20-12-5-6-14(19)13(18)7-12/h5-7,11H,1-4H3,(H,20,21)/t11-/m1/s1. The molecule has 1 aromatic heterocycles. The Morgan fingerprint density at radius 2 is 1.92 bits per heavy atom. The zero-order valence-corrected chi connectivity index (χ0v) is 14.5. The number of esters is 1. The number of ether oxygens (including phenoxy) is 1. The van der Waals surface area contributed by atoms with Crippen molar-refractivity contribution in [1.82, 2.24) is 0 Å². The third-order valence-electron chi connectivity index (χ3n) is 3.61. The van der Waals surface area contributed by atoms with Crippen molar-refractivity contribution in [3.8, 4) is 0 Å². The number of rotatable bonds is 4. The Labute approximate surface area is 143 Å². The molecule has 128 valence electrons. The Kier molecular flexibility index (Phi) is 5.29. The van der Waals surface area contributed by atoms with Crippen LogP contribution in [0.25, 0.3) is 0 Å². The summed E-state index contributed by atoms with van der Waals surface area (Å²) in [6, 6.07) is 3.77. The van der Waals surface area contributed by atoms with Crippen LogP contribution in [0.15, 0.2) is 22.6 Å². The molecule has 0 bridgehead atoms. The zero-order valence-electron chi connectivity index (χ0n) is 13.7. The zero-order chi connectivity index (χ0) is 18.0. The molecule has 0 spiro atoms. The molecule has 1 atom stereocenters. The van der Waals surface area contributed by atoms with E-state index < -0.39 is 23.8 Å². The molecule has 0 aliphatic rings. The second-order valence-corrected chi connectivity index (χ2v) is 5.79. The molecular weight excluding hydrogens is 337 g/mol. The Balaban J connectivity index is 2.05. The van der Waals surface area contributed by atoms with Crippen LogP contribution in [-0.2, 0) is 9.53 Å². The number of benzene rings is 1. The normalized spacial score (nSPS) is 11.9. The van der Waals surface area contributed by atoms with Crippen LogP contribution in [0.2, 0.25) is 5.02 Å². The smallest absolute Gasteiger partial charge is 0.342 e. The predicted molar refractivity (Wildman–Crippen MR) is 87.8 cm³/mol. The van der Waals surface area contributed by atoms with E-state index in [0.29, 0.717) is 28.3 Å². The summed E-state index contributed by atoms with van der Waals surface area (Å²) in [7, 11) is 0. The average Bonchev–Trinajstić information content (AvgIpc) is 2.75. The first kappa shape index (κ1) is 18.0. The van der Waals surface area contributed by atoms with Crippen LogP contribution in [0, 0.1) is 26.6 Å². The Bertz CT molecular complexity index is 800. The van der Waals surface area contributed by atoms with Gasteiger partial charge in [-0.2, -0.15) is 0 Å². The highest BCUT2D eigenvalue weighted by Crippen LogP contribution is 2.23. The van der Waals surface area contributed by atoms with Gasteiger partial charge in [0.2, 0.25) is 0 Å². The van der Waals surface area contributed by atoms with Crippen LogP contribution in [0.3, 0.4) is 0 Å². The van der Waals surface area contributed by atoms with Crippen molar-refractivity contribution in [2.75, 3.05) is 5.32 Å². The van der Waals surface area contributed by atoms with Crippen molar-refractivity contribution in [3.05, 3.63) is 51.7 Å². The number of hydrogen-bond acceptors (Lipinski definition) is 4. The van der Waals surface area contributed by atoms with Gasteiger partial charge in [-0.05, 0) is 45.9 Å². The fourth-order valence-electron chi connectivity index (χ4n) is 2.18. The van der Waals surface area contributed by atoms with Crippen LogP contribution in [0.1, 0.15) is 34.4 Å². The van der Waals surface area contributed by atoms with Gasteiger partial charge in [-0.1, -0.05) is 11.6 Å². The van der Waals surface area contributed by atoms with Crippen molar-refractivity contribution < 1.29 is 23.1 Å². The molecule has 1 aromatic carbocycles. The number of furan rings is 1. The van der Waals surface area contributed by atoms with Crippen LogP contribution in [0.4, 0.5) is 10.1 Å². The molecule has 24 heavy (non-hydrogen) atoms. The highest BCUT2D eigenvalue weighted by molar-refractivity contribution is 6.31. The number of anilines is 1. The first-order valence-electron chi connectivity index (χ1n) is 7.24. The van der Waals surface area contributed by atoms with Gasteiger partial charge < -0.3 is 14.5 Å². The summed E-state index contributed by atoms with van der Waals surface area (Å²) in [5.74, 6) is -0.718. The summed E-state index contributed by atoms with van der Waals surface area (Å²) in [4.78, 5) is 24.3. The first-order valence-corrected chi connectivity index (χ1v) is 7.62. The largest absolute Gasteiger partial charge is 0.465 e. The van der Waals surface area contributed by atoms with Gasteiger partial charge in [0.05, 0.1) is 5.02 Å². The minimum atomic E-state index is -1.05. The summed E-state index contributed by atoms with van der Waals surface area (Å²) in [5.41, 5.74) is 1.30. The fourth-order valence-corrected chi connectivity index (χ4v) is 2.37. The number of halogens is 2. The van der Waals surface area contributed by atoms with Crippen LogP contribution in [-0.4, -0.2) is 18.0 Å². The van der Waals surface area contributed by atoms with Gasteiger partial charge in [-0.25, -0.2) is 9.18 Å². The van der Waals surface area contributed by atoms with E-state index in [9.17, 15) is 14.0 Å². The van der Waals surface area contributed by atoms with E-state index in [1.165, 1.54) is 19.1 Å². The third kappa shape index (κ3) is 3.76. The monoisotopic (exact) mass is 353 g/mol. The third-order valence-corrected chi connectivity index (χ3v) is 3.90. The molecule has 0 fully saturated rings. The maximum absolute atomic E-state index is 13.1. The molecule has 7 heteroatoms. The number of hydrogen-bond donors (Lipinski definition) is 1. The summed E-state index contributed by atoms with van der Waals surface area (Å²) in [5, 5.41) is 2.40. The molecule has 2 rings (SSSR count). The molecule has 5 nitrogen and oxygen atoms in total. The van der Waals surface area contributed by atoms with E-state index >= 15 is 0 Å². The molecule has 0 saturated heterocycles. The molecule has 0 saturated carbocycles. The number of aryl methyl sites for hydroxylation is 2. The Morgan fingerprint density at radius 3 is 2.46 bits per heavy atom. The van der Waals surface area contributed by atoms with Gasteiger partial charge in [0.25, 0.3) is 5.91 Å². The summed E-state index contributed by atoms with van der Waals surface area (Å²) < 4.78 is 23.7. The van der Waals surface area contributed by atoms with Gasteiger partial charge in [-0.3, -0.25) is 4.79 Å². The number of carbonyl (C=O) groups is 2. The maximum atomic E-state index is 13.1. The van der Waals surface area contributed by atoms with Crippen LogP contribution < -0.4 is 5.32 Å². The van der Waals surface area contributed by atoms with Crippen molar-refractivity contribution in [2.45, 2.75) is 33.8 Å². The Hall–Kier alpha value is -2.34. The Morgan fingerprint density at radius 1 is 1.25 bits per heavy atom. The van der Waals surface area contributed by atoms with Crippen molar-refractivity contribution in [2.24, 2.45) is 0 Å². The first-order chi connectivity index (χ1) is 11.2. The lowest BCUT2D eigenvalue weighted by molar-refractivity contribution is -0.123. The number of amides is 1. The second-order valence-electron chi connectivity index (χ2n) is 5.38. The van der Waals surface area contributed by atoms with E-state index in [1.54, 1.807) is 20.8 Å². The number of carbonyl (C=O) groups excluding carboxylic acids is 2. The van der Waals surface area contributed by atoms with Crippen LogP contribution in [0.5, 0.6) is 0 Å². The molecule has 0 aliphatic heterocycles. The topological polar surface area (TPSA) is 68.5 Å². The summed E-state index contributed by atoms with van der Waals surface area (Å²) in [6.07, 6.45) is -1.05. The molecule has 2 aromatic rings. The molecule has 1 heterocycles. The fraction of sp³-hybridized carbons (Fsp3) is 0.294. The predicted octanol–water partition coefficient (Wildman–Crippen LogP) is 4.18. The molecule has 0 aliphatic carbocycles. The minimum absolute atomic E-state index is 0.113. The molecule has 0 radical (unpaired) electrons. The van der Waals surface area contributed by atoms with Crippen molar-refractivity contribution in [3.63, 3.8) is 0 Å². The molecule has 1 amide bonds. The van der Waals surface area contributed by atoms with Crippen molar-refractivity contribution in [1.29, 1.82) is 0 Å². The second kappa shape index (κ2) is 7.05. The average molecular weight is 354 g/mol. The van der Waals surface area contributed by atoms with E-state index in [4.69, 9.17) is 20.8 Å². The van der Waals surface area contributed by atoms with Gasteiger partial charge in [-0.15, -0.1) is 0 Å². The maximum Gasteiger partial charge on any atom is 0.342 e. The highest BCUT2D eigenvalue weighted by atomic mass is 35.5. The van der Waals surface area contributed by atoms with E-state index in [1.807, 2.05) is 0 Å². The SMILES string of the molecule is Cc1oc(C)c(C(=O)O[C@H](C)C(=O)Nc2ccc(F)c(Cl)c2)c1C. The van der Waals surface area contributed by atoms with Gasteiger partial charge >= 0.3 is 5.97 Å². The van der Waals surface area contributed by atoms with Crippen LogP contribution >= 0.6 is 11.6 Å². The lowest BCUT2D eigenvalue weighted by Gasteiger charge is -2.14. The quantitative estimate of drug-likeness (QED) is 0.837. The van der Waals surface area contributed by atoms with E-state index in [2.05, 4.69) is 5.32 Å².